The lowest BCUT2D eigenvalue weighted by Gasteiger charge is -2.06. The standard InChI is InChI=1S/C14H14Cl2N2OS/c1-9-8-20-13(18-9)3-2-6-17-14(19)11-5-4-10(15)7-12(11)16/h4-5,7-8H,2-3,6H2,1H3,(H,17,19). The van der Waals surface area contributed by atoms with Crippen LogP contribution >= 0.6 is 34.5 Å². The van der Waals surface area contributed by atoms with Gasteiger partial charge in [-0.15, -0.1) is 11.3 Å². The highest BCUT2D eigenvalue weighted by atomic mass is 35.5. The molecule has 0 bridgehead atoms. The fourth-order valence-corrected chi connectivity index (χ4v) is 3.04. The van der Waals surface area contributed by atoms with Crippen molar-refractivity contribution in [2.24, 2.45) is 0 Å². The van der Waals surface area contributed by atoms with Gasteiger partial charge in [0.1, 0.15) is 0 Å². The zero-order chi connectivity index (χ0) is 14.5. The monoisotopic (exact) mass is 328 g/mol. The molecule has 0 aliphatic carbocycles. The van der Waals surface area contributed by atoms with E-state index in [1.54, 1.807) is 29.5 Å². The zero-order valence-electron chi connectivity index (χ0n) is 11.0. The molecule has 106 valence electrons. The second-order valence-electron chi connectivity index (χ2n) is 4.37. The number of thiazole rings is 1. The number of nitrogens with one attached hydrogen (secondary N) is 1. The highest BCUT2D eigenvalue weighted by molar-refractivity contribution is 7.09. The molecule has 0 aliphatic heterocycles. The molecule has 3 nitrogen and oxygen atoms in total. The number of hydrogen-bond acceptors (Lipinski definition) is 3. The van der Waals surface area contributed by atoms with Crippen LogP contribution in [-0.4, -0.2) is 17.4 Å². The Balaban J connectivity index is 1.80. The van der Waals surface area contributed by atoms with Crippen LogP contribution in [-0.2, 0) is 6.42 Å². The smallest absolute Gasteiger partial charge is 0.252 e. The molecule has 0 saturated heterocycles. The van der Waals surface area contributed by atoms with E-state index in [4.69, 9.17) is 23.2 Å². The number of hydrogen-bond donors (Lipinski definition) is 1. The highest BCUT2D eigenvalue weighted by Crippen LogP contribution is 2.20. The third kappa shape index (κ3) is 4.20. The lowest BCUT2D eigenvalue weighted by molar-refractivity contribution is 0.0953. The number of amides is 1. The van der Waals surface area contributed by atoms with Crippen LogP contribution in [0.2, 0.25) is 10.0 Å². The maximum Gasteiger partial charge on any atom is 0.252 e. The Hall–Kier alpha value is -1.10. The molecule has 1 amide bonds. The average Bonchev–Trinajstić information content (AvgIpc) is 2.80. The summed E-state index contributed by atoms with van der Waals surface area (Å²) in [6.45, 7) is 2.57. The molecule has 0 spiro atoms. The molecule has 2 aromatic rings. The van der Waals surface area contributed by atoms with Gasteiger partial charge in [-0.3, -0.25) is 4.79 Å². The summed E-state index contributed by atoms with van der Waals surface area (Å²) >= 11 is 13.4. The summed E-state index contributed by atoms with van der Waals surface area (Å²) in [5.74, 6) is -0.179. The van der Waals surface area contributed by atoms with Gasteiger partial charge in [-0.25, -0.2) is 4.98 Å². The molecule has 0 saturated carbocycles. The first-order chi connectivity index (χ1) is 9.56. The Labute approximate surface area is 131 Å². The van der Waals surface area contributed by atoms with Crippen molar-refractivity contribution in [3.05, 3.63) is 49.9 Å². The lowest BCUT2D eigenvalue weighted by atomic mass is 10.2. The molecule has 20 heavy (non-hydrogen) atoms. The average molecular weight is 329 g/mol. The van der Waals surface area contributed by atoms with Crippen LogP contribution in [0, 0.1) is 6.92 Å². The van der Waals surface area contributed by atoms with E-state index in [0.29, 0.717) is 22.2 Å². The molecule has 1 heterocycles. The quantitative estimate of drug-likeness (QED) is 0.839. The summed E-state index contributed by atoms with van der Waals surface area (Å²) in [6, 6.07) is 4.85. The maximum absolute atomic E-state index is 11.9. The highest BCUT2D eigenvalue weighted by Gasteiger charge is 2.10. The third-order valence-electron chi connectivity index (χ3n) is 2.70. The van der Waals surface area contributed by atoms with E-state index in [-0.39, 0.29) is 5.91 Å². The Morgan fingerprint density at radius 1 is 1.40 bits per heavy atom. The van der Waals surface area contributed by atoms with Crippen molar-refractivity contribution in [2.75, 3.05) is 6.54 Å². The van der Waals surface area contributed by atoms with Gasteiger partial charge in [0, 0.05) is 29.1 Å². The van der Waals surface area contributed by atoms with Crippen LogP contribution < -0.4 is 5.32 Å². The number of carbonyl (C=O) groups is 1. The van der Waals surface area contributed by atoms with Crippen molar-refractivity contribution in [1.29, 1.82) is 0 Å². The zero-order valence-corrected chi connectivity index (χ0v) is 13.3. The van der Waals surface area contributed by atoms with Gasteiger partial charge < -0.3 is 5.32 Å². The number of carbonyl (C=O) groups excluding carboxylic acids is 1. The van der Waals surface area contributed by atoms with Gasteiger partial charge in [0.2, 0.25) is 0 Å². The number of nitrogens with zero attached hydrogens (tertiary/aromatic N) is 1. The van der Waals surface area contributed by atoms with Gasteiger partial charge in [-0.1, -0.05) is 23.2 Å². The SMILES string of the molecule is Cc1csc(CCCNC(=O)c2ccc(Cl)cc2Cl)n1. The van der Waals surface area contributed by atoms with Crippen LogP contribution in [0.1, 0.15) is 27.5 Å². The molecule has 6 heteroatoms. The molecule has 1 N–H and O–H groups in total. The Bertz CT molecular complexity index is 613. The Morgan fingerprint density at radius 2 is 2.20 bits per heavy atom. The maximum atomic E-state index is 11.9. The largest absolute Gasteiger partial charge is 0.352 e. The minimum atomic E-state index is -0.179. The fraction of sp³-hybridized carbons (Fsp3) is 0.286. The van der Waals surface area contributed by atoms with Crippen molar-refractivity contribution in [1.82, 2.24) is 10.3 Å². The first-order valence-corrected chi connectivity index (χ1v) is 7.84. The second-order valence-corrected chi connectivity index (χ2v) is 6.15. The summed E-state index contributed by atoms with van der Waals surface area (Å²) in [5, 5.41) is 6.86. The van der Waals surface area contributed by atoms with Gasteiger partial charge in [0.15, 0.2) is 0 Å². The Kier molecular flexibility index (Phi) is 5.40. The molecular weight excluding hydrogens is 315 g/mol. The van der Waals surface area contributed by atoms with Gasteiger partial charge in [0.05, 0.1) is 15.6 Å². The van der Waals surface area contributed by atoms with E-state index in [1.807, 2.05) is 12.3 Å². The fourth-order valence-electron chi connectivity index (χ4n) is 1.73. The van der Waals surface area contributed by atoms with Crippen molar-refractivity contribution < 1.29 is 4.79 Å². The van der Waals surface area contributed by atoms with E-state index in [9.17, 15) is 4.79 Å². The van der Waals surface area contributed by atoms with Crippen LogP contribution in [0.15, 0.2) is 23.6 Å². The molecule has 0 radical (unpaired) electrons. The molecule has 0 unspecified atom stereocenters. The molecule has 0 aliphatic rings. The van der Waals surface area contributed by atoms with Gasteiger partial charge in [-0.2, -0.15) is 0 Å². The summed E-state index contributed by atoms with van der Waals surface area (Å²) in [4.78, 5) is 16.3. The summed E-state index contributed by atoms with van der Waals surface area (Å²) in [6.07, 6.45) is 1.72. The topological polar surface area (TPSA) is 42.0 Å². The van der Waals surface area contributed by atoms with Crippen LogP contribution in [0.4, 0.5) is 0 Å². The van der Waals surface area contributed by atoms with Crippen molar-refractivity contribution in [3.63, 3.8) is 0 Å². The molecule has 0 atom stereocenters. The summed E-state index contributed by atoms with van der Waals surface area (Å²) in [7, 11) is 0. The van der Waals surface area contributed by atoms with Crippen molar-refractivity contribution in [3.8, 4) is 0 Å². The van der Waals surface area contributed by atoms with Gasteiger partial charge in [-0.05, 0) is 31.5 Å². The van der Waals surface area contributed by atoms with E-state index < -0.39 is 0 Å². The summed E-state index contributed by atoms with van der Waals surface area (Å²) < 4.78 is 0. The van der Waals surface area contributed by atoms with Gasteiger partial charge >= 0.3 is 0 Å². The number of halogens is 2. The predicted molar refractivity (Wildman–Crippen MR) is 84.0 cm³/mol. The predicted octanol–water partition coefficient (Wildman–Crippen LogP) is 4.12. The van der Waals surface area contributed by atoms with Crippen molar-refractivity contribution >= 4 is 40.4 Å². The molecular formula is C14H14Cl2N2OS. The number of benzene rings is 1. The van der Waals surface area contributed by atoms with E-state index in [1.165, 1.54) is 0 Å². The van der Waals surface area contributed by atoms with E-state index in [0.717, 1.165) is 23.5 Å². The van der Waals surface area contributed by atoms with Crippen LogP contribution in [0.3, 0.4) is 0 Å². The second kappa shape index (κ2) is 7.07. The molecule has 1 aromatic heterocycles. The lowest BCUT2D eigenvalue weighted by Crippen LogP contribution is -2.25. The number of aryl methyl sites for hydroxylation is 2. The van der Waals surface area contributed by atoms with Gasteiger partial charge in [0.25, 0.3) is 5.91 Å². The van der Waals surface area contributed by atoms with Crippen LogP contribution in [0.5, 0.6) is 0 Å². The number of aromatic nitrogens is 1. The van der Waals surface area contributed by atoms with E-state index >= 15 is 0 Å². The van der Waals surface area contributed by atoms with Crippen molar-refractivity contribution in [2.45, 2.75) is 19.8 Å². The molecule has 1 aromatic carbocycles. The van der Waals surface area contributed by atoms with Crippen LogP contribution in [0.25, 0.3) is 0 Å². The Morgan fingerprint density at radius 3 is 2.85 bits per heavy atom. The number of rotatable bonds is 5. The first-order valence-electron chi connectivity index (χ1n) is 6.20. The normalized spacial score (nSPS) is 10.6. The molecule has 2 rings (SSSR count). The molecule has 0 fully saturated rings. The van der Waals surface area contributed by atoms with E-state index in [2.05, 4.69) is 10.3 Å². The summed E-state index contributed by atoms with van der Waals surface area (Å²) in [5.41, 5.74) is 1.49. The minimum Gasteiger partial charge on any atom is -0.352 e. The third-order valence-corrected chi connectivity index (χ3v) is 4.27. The minimum absolute atomic E-state index is 0.179. The first kappa shape index (κ1) is 15.3.